The number of aliphatic hydroxyl groups is 1. The molecular weight excluding hydrogens is 490 g/mol. The van der Waals surface area contributed by atoms with Crippen molar-refractivity contribution in [2.75, 3.05) is 6.54 Å². The molecule has 1 heterocycles. The zero-order valence-electron chi connectivity index (χ0n) is 17.4. The standard InChI is InChI=1S/C21H20F6N2O4S/c22-20(23,24)13-2-1-3-16(10-13)34(32,33)15-6-8-19(31,9-7-15)12-29-18(30)17-5-4-14(11-28-17)21(25,26)27/h1-5,10-11,15,31H,6-9,12H2,(H,29,30). The smallest absolute Gasteiger partial charge is 0.388 e. The second-order valence-electron chi connectivity index (χ2n) is 8.11. The van der Waals surface area contributed by atoms with Crippen LogP contribution in [0, 0.1) is 0 Å². The molecule has 186 valence electrons. The zero-order valence-corrected chi connectivity index (χ0v) is 18.3. The topological polar surface area (TPSA) is 96.4 Å². The molecule has 1 fully saturated rings. The Balaban J connectivity index is 1.61. The van der Waals surface area contributed by atoms with E-state index >= 15 is 0 Å². The predicted octanol–water partition coefficient (Wildman–Crippen LogP) is 4.00. The maximum Gasteiger partial charge on any atom is 0.417 e. The Kier molecular flexibility index (Phi) is 7.00. The maximum absolute atomic E-state index is 12.9. The van der Waals surface area contributed by atoms with Gasteiger partial charge in [0.05, 0.1) is 26.9 Å². The van der Waals surface area contributed by atoms with Gasteiger partial charge in [-0.2, -0.15) is 26.3 Å². The summed E-state index contributed by atoms with van der Waals surface area (Å²) >= 11 is 0. The van der Waals surface area contributed by atoms with E-state index in [9.17, 15) is 44.7 Å². The molecule has 13 heteroatoms. The molecule has 0 unspecified atom stereocenters. The van der Waals surface area contributed by atoms with Crippen molar-refractivity contribution in [1.29, 1.82) is 0 Å². The lowest BCUT2D eigenvalue weighted by molar-refractivity contribution is -0.138. The average Bonchev–Trinajstić information content (AvgIpc) is 2.77. The molecule has 1 aromatic carbocycles. The Hall–Kier alpha value is -2.67. The van der Waals surface area contributed by atoms with Gasteiger partial charge in [0, 0.05) is 12.7 Å². The van der Waals surface area contributed by atoms with Crippen LogP contribution in [0.3, 0.4) is 0 Å². The summed E-state index contributed by atoms with van der Waals surface area (Å²) in [6.07, 6.45) is -9.02. The van der Waals surface area contributed by atoms with E-state index in [0.29, 0.717) is 18.3 Å². The van der Waals surface area contributed by atoms with Gasteiger partial charge in [-0.05, 0) is 56.0 Å². The van der Waals surface area contributed by atoms with Crippen molar-refractivity contribution in [3.05, 3.63) is 59.4 Å². The molecule has 1 saturated carbocycles. The first-order chi connectivity index (χ1) is 15.6. The van der Waals surface area contributed by atoms with Crippen LogP contribution < -0.4 is 5.32 Å². The third kappa shape index (κ3) is 5.87. The average molecular weight is 510 g/mol. The summed E-state index contributed by atoms with van der Waals surface area (Å²) in [5.74, 6) is -0.819. The van der Waals surface area contributed by atoms with E-state index in [1.165, 1.54) is 0 Å². The molecule has 1 aliphatic rings. The molecule has 0 spiro atoms. The van der Waals surface area contributed by atoms with Gasteiger partial charge in [0.1, 0.15) is 5.69 Å². The molecule has 1 aromatic heterocycles. The number of carbonyl (C=O) groups is 1. The summed E-state index contributed by atoms with van der Waals surface area (Å²) in [4.78, 5) is 15.2. The van der Waals surface area contributed by atoms with E-state index in [0.717, 1.165) is 24.3 Å². The third-order valence-corrected chi connectivity index (χ3v) is 7.95. The van der Waals surface area contributed by atoms with Crippen LogP contribution in [0.15, 0.2) is 47.5 Å². The lowest BCUT2D eigenvalue weighted by atomic mass is 9.84. The number of rotatable bonds is 5. The van der Waals surface area contributed by atoms with Crippen molar-refractivity contribution in [1.82, 2.24) is 10.3 Å². The quantitative estimate of drug-likeness (QED) is 0.593. The minimum absolute atomic E-state index is 0.0521. The van der Waals surface area contributed by atoms with Crippen LogP contribution in [0.25, 0.3) is 0 Å². The number of sulfone groups is 1. The summed E-state index contributed by atoms with van der Waals surface area (Å²) in [6, 6.07) is 5.03. The number of carbonyl (C=O) groups excluding carboxylic acids is 1. The first-order valence-electron chi connectivity index (χ1n) is 10.1. The van der Waals surface area contributed by atoms with Crippen LogP contribution in [0.1, 0.15) is 47.3 Å². The van der Waals surface area contributed by atoms with Gasteiger partial charge in [0.15, 0.2) is 9.84 Å². The van der Waals surface area contributed by atoms with Crippen molar-refractivity contribution >= 4 is 15.7 Å². The van der Waals surface area contributed by atoms with Crippen LogP contribution in [0.2, 0.25) is 0 Å². The van der Waals surface area contributed by atoms with Crippen molar-refractivity contribution in [2.24, 2.45) is 0 Å². The highest BCUT2D eigenvalue weighted by Crippen LogP contribution is 2.36. The van der Waals surface area contributed by atoms with Crippen LogP contribution >= 0.6 is 0 Å². The summed E-state index contributed by atoms with van der Waals surface area (Å²) in [5.41, 5.74) is -3.89. The Labute approximate surface area is 190 Å². The molecule has 0 bridgehead atoms. The summed E-state index contributed by atoms with van der Waals surface area (Å²) < 4.78 is 102. The minimum atomic E-state index is -4.70. The van der Waals surface area contributed by atoms with Gasteiger partial charge in [-0.1, -0.05) is 6.07 Å². The number of amides is 1. The van der Waals surface area contributed by atoms with Crippen molar-refractivity contribution in [3.8, 4) is 0 Å². The van der Waals surface area contributed by atoms with Crippen LogP contribution in [-0.2, 0) is 22.2 Å². The second kappa shape index (κ2) is 9.17. The van der Waals surface area contributed by atoms with Crippen molar-refractivity contribution < 1.29 is 44.7 Å². The second-order valence-corrected chi connectivity index (χ2v) is 10.3. The summed E-state index contributed by atoms with van der Waals surface area (Å²) in [7, 11) is -4.09. The highest BCUT2D eigenvalue weighted by atomic mass is 32.2. The molecule has 0 aliphatic heterocycles. The Morgan fingerprint density at radius 3 is 2.18 bits per heavy atom. The van der Waals surface area contributed by atoms with E-state index in [1.54, 1.807) is 0 Å². The van der Waals surface area contributed by atoms with E-state index < -0.39 is 55.0 Å². The first kappa shape index (κ1) is 25.9. The number of benzene rings is 1. The first-order valence-corrected chi connectivity index (χ1v) is 11.6. The van der Waals surface area contributed by atoms with Crippen LogP contribution in [0.4, 0.5) is 26.3 Å². The van der Waals surface area contributed by atoms with E-state index in [2.05, 4.69) is 10.3 Å². The van der Waals surface area contributed by atoms with E-state index in [1.807, 2.05) is 0 Å². The maximum atomic E-state index is 12.9. The monoisotopic (exact) mass is 510 g/mol. The molecule has 1 amide bonds. The van der Waals surface area contributed by atoms with Gasteiger partial charge >= 0.3 is 12.4 Å². The number of halogens is 6. The van der Waals surface area contributed by atoms with E-state index in [4.69, 9.17) is 0 Å². The number of nitrogens with one attached hydrogen (secondary N) is 1. The lowest BCUT2D eigenvalue weighted by Crippen LogP contribution is -2.47. The van der Waals surface area contributed by atoms with Gasteiger partial charge in [-0.3, -0.25) is 9.78 Å². The number of hydrogen-bond acceptors (Lipinski definition) is 5. The Morgan fingerprint density at radius 1 is 1.03 bits per heavy atom. The molecule has 2 N–H and O–H groups in total. The predicted molar refractivity (Wildman–Crippen MR) is 107 cm³/mol. The Bertz CT molecular complexity index is 1140. The van der Waals surface area contributed by atoms with Gasteiger partial charge in [0.25, 0.3) is 5.91 Å². The van der Waals surface area contributed by atoms with Gasteiger partial charge in [0.2, 0.25) is 0 Å². The number of nitrogens with zero attached hydrogens (tertiary/aromatic N) is 1. The van der Waals surface area contributed by atoms with Crippen molar-refractivity contribution in [3.63, 3.8) is 0 Å². The number of pyridine rings is 1. The molecule has 1 aliphatic carbocycles. The highest BCUT2D eigenvalue weighted by Gasteiger charge is 2.40. The summed E-state index contributed by atoms with van der Waals surface area (Å²) in [6.45, 7) is -0.301. The fourth-order valence-corrected chi connectivity index (χ4v) is 5.49. The number of hydrogen-bond donors (Lipinski definition) is 2. The van der Waals surface area contributed by atoms with Gasteiger partial charge in [-0.25, -0.2) is 8.42 Å². The fraction of sp³-hybridized carbons (Fsp3) is 0.429. The largest absolute Gasteiger partial charge is 0.417 e. The van der Waals surface area contributed by atoms with Crippen LogP contribution in [-0.4, -0.2) is 41.8 Å². The normalized spacial score (nSPS) is 21.8. The molecule has 6 nitrogen and oxygen atoms in total. The number of aromatic nitrogens is 1. The molecule has 0 radical (unpaired) electrons. The van der Waals surface area contributed by atoms with Gasteiger partial charge < -0.3 is 10.4 Å². The van der Waals surface area contributed by atoms with E-state index in [-0.39, 0.29) is 37.9 Å². The van der Waals surface area contributed by atoms with Crippen LogP contribution in [0.5, 0.6) is 0 Å². The third-order valence-electron chi connectivity index (χ3n) is 5.69. The van der Waals surface area contributed by atoms with Gasteiger partial charge in [-0.15, -0.1) is 0 Å². The molecule has 34 heavy (non-hydrogen) atoms. The Morgan fingerprint density at radius 2 is 1.65 bits per heavy atom. The minimum Gasteiger partial charge on any atom is -0.388 e. The number of alkyl halides is 6. The lowest BCUT2D eigenvalue weighted by Gasteiger charge is -2.35. The highest BCUT2D eigenvalue weighted by molar-refractivity contribution is 7.92. The molecule has 0 saturated heterocycles. The summed E-state index contributed by atoms with van der Waals surface area (Å²) in [5, 5.41) is 12.1. The fourth-order valence-electron chi connectivity index (χ4n) is 3.69. The molecule has 0 atom stereocenters. The van der Waals surface area contributed by atoms with Crippen molar-refractivity contribution in [2.45, 2.75) is 53.8 Å². The zero-order chi connectivity index (χ0) is 25.4. The SMILES string of the molecule is O=C(NCC1(O)CCC(S(=O)(=O)c2cccc(C(F)(F)F)c2)CC1)c1ccc(C(F)(F)F)cn1. The molecular formula is C21H20F6N2O4S. The molecule has 2 aromatic rings. The molecule has 3 rings (SSSR count).